The molecule has 0 aliphatic heterocycles. The van der Waals surface area contributed by atoms with E-state index in [1.807, 2.05) is 25.2 Å². The molecule has 0 heterocycles. The second-order valence-corrected chi connectivity index (χ2v) is 5.06. The molecule has 5 heteroatoms. The van der Waals surface area contributed by atoms with E-state index < -0.39 is 0 Å². The van der Waals surface area contributed by atoms with Crippen molar-refractivity contribution in [1.82, 2.24) is 10.6 Å². The van der Waals surface area contributed by atoms with Crippen LogP contribution < -0.4 is 10.6 Å². The lowest BCUT2D eigenvalue weighted by Crippen LogP contribution is -2.30. The third-order valence-electron chi connectivity index (χ3n) is 1.84. The average Bonchev–Trinajstić information content (AvgIpc) is 2.17. The van der Waals surface area contributed by atoms with Crippen LogP contribution in [0.3, 0.4) is 0 Å². The molecule has 0 bridgehead atoms. The van der Waals surface area contributed by atoms with Gasteiger partial charge in [-0.3, -0.25) is 4.79 Å². The number of likely N-dealkylation sites (N-methyl/N-ethyl adjacent to an activating group) is 1. The quantitative estimate of drug-likeness (QED) is 0.617. The molecule has 82 valence electrons. The van der Waals surface area contributed by atoms with E-state index in [0.29, 0.717) is 6.54 Å². The lowest BCUT2D eigenvalue weighted by atomic mass is 10.2. The van der Waals surface area contributed by atoms with Gasteiger partial charge < -0.3 is 10.6 Å². The Bertz CT molecular complexity index is 357. The summed E-state index contributed by atoms with van der Waals surface area (Å²) in [6.45, 7) is 1.42. The zero-order chi connectivity index (χ0) is 11.3. The van der Waals surface area contributed by atoms with Gasteiger partial charge in [-0.15, -0.1) is 0 Å². The van der Waals surface area contributed by atoms with Crippen molar-refractivity contribution < 1.29 is 4.79 Å². The fourth-order valence-electron chi connectivity index (χ4n) is 1.07. The van der Waals surface area contributed by atoms with E-state index in [9.17, 15) is 4.79 Å². The molecule has 1 aromatic carbocycles. The number of benzene rings is 1. The standard InChI is InChI=1S/C10H12BrIN2O/c1-13-4-5-14-10(15)8-3-2-7(11)6-9(8)12/h2-3,6,13H,4-5H2,1H3,(H,14,15). The Morgan fingerprint density at radius 3 is 2.80 bits per heavy atom. The zero-order valence-corrected chi connectivity index (χ0v) is 12.1. The van der Waals surface area contributed by atoms with E-state index in [-0.39, 0.29) is 5.91 Å². The predicted octanol–water partition coefficient (Wildman–Crippen LogP) is 2.00. The second-order valence-electron chi connectivity index (χ2n) is 2.98. The molecule has 0 aliphatic carbocycles. The maximum atomic E-state index is 11.7. The van der Waals surface area contributed by atoms with E-state index >= 15 is 0 Å². The lowest BCUT2D eigenvalue weighted by Gasteiger charge is -2.06. The molecule has 0 saturated carbocycles. The smallest absolute Gasteiger partial charge is 0.252 e. The van der Waals surface area contributed by atoms with Crippen molar-refractivity contribution in [3.8, 4) is 0 Å². The number of nitrogens with one attached hydrogen (secondary N) is 2. The highest BCUT2D eigenvalue weighted by atomic mass is 127. The van der Waals surface area contributed by atoms with Crippen LogP contribution in [-0.4, -0.2) is 26.0 Å². The van der Waals surface area contributed by atoms with Crippen LogP contribution in [0.5, 0.6) is 0 Å². The van der Waals surface area contributed by atoms with Gasteiger partial charge in [0.15, 0.2) is 0 Å². The number of rotatable bonds is 4. The first-order chi connectivity index (χ1) is 7.15. The van der Waals surface area contributed by atoms with Crippen LogP contribution in [0.2, 0.25) is 0 Å². The van der Waals surface area contributed by atoms with Crippen LogP contribution in [0, 0.1) is 3.57 Å². The van der Waals surface area contributed by atoms with Crippen molar-refractivity contribution in [2.45, 2.75) is 0 Å². The summed E-state index contributed by atoms with van der Waals surface area (Å²) in [6, 6.07) is 5.61. The average molecular weight is 383 g/mol. The van der Waals surface area contributed by atoms with Crippen molar-refractivity contribution in [3.05, 3.63) is 31.8 Å². The minimum Gasteiger partial charge on any atom is -0.351 e. The molecule has 3 nitrogen and oxygen atoms in total. The highest BCUT2D eigenvalue weighted by molar-refractivity contribution is 14.1. The van der Waals surface area contributed by atoms with Gasteiger partial charge >= 0.3 is 0 Å². The van der Waals surface area contributed by atoms with Gasteiger partial charge in [0, 0.05) is 21.1 Å². The third-order valence-corrected chi connectivity index (χ3v) is 3.22. The number of halogens is 2. The molecule has 0 saturated heterocycles. The van der Waals surface area contributed by atoms with Crippen LogP contribution in [0.4, 0.5) is 0 Å². The van der Waals surface area contributed by atoms with E-state index in [0.717, 1.165) is 20.2 Å². The summed E-state index contributed by atoms with van der Waals surface area (Å²) in [6.07, 6.45) is 0. The molecule has 0 radical (unpaired) electrons. The first-order valence-corrected chi connectivity index (χ1v) is 6.40. The third kappa shape index (κ3) is 4.08. The summed E-state index contributed by atoms with van der Waals surface area (Å²) >= 11 is 5.52. The van der Waals surface area contributed by atoms with Crippen LogP contribution in [0.25, 0.3) is 0 Å². The Kier molecular flexibility index (Phi) is 5.55. The van der Waals surface area contributed by atoms with Crippen LogP contribution in [0.1, 0.15) is 10.4 Å². The van der Waals surface area contributed by atoms with Crippen LogP contribution >= 0.6 is 38.5 Å². The summed E-state index contributed by atoms with van der Waals surface area (Å²) in [5.41, 5.74) is 0.718. The van der Waals surface area contributed by atoms with Gasteiger partial charge in [-0.05, 0) is 47.8 Å². The highest BCUT2D eigenvalue weighted by Gasteiger charge is 2.08. The van der Waals surface area contributed by atoms with Gasteiger partial charge in [0.25, 0.3) is 5.91 Å². The molecule has 0 atom stereocenters. The number of hydrogen-bond donors (Lipinski definition) is 2. The Balaban J connectivity index is 2.65. The Labute approximate surface area is 111 Å². The molecule has 0 aromatic heterocycles. The number of carbonyl (C=O) groups is 1. The largest absolute Gasteiger partial charge is 0.351 e. The van der Waals surface area contributed by atoms with Gasteiger partial charge in [0.1, 0.15) is 0 Å². The maximum Gasteiger partial charge on any atom is 0.252 e. The summed E-state index contributed by atoms with van der Waals surface area (Å²) in [4.78, 5) is 11.7. The lowest BCUT2D eigenvalue weighted by molar-refractivity contribution is 0.0953. The molecule has 0 fully saturated rings. The topological polar surface area (TPSA) is 41.1 Å². The molecular formula is C10H12BrIN2O. The molecule has 2 N–H and O–H groups in total. The van der Waals surface area contributed by atoms with Crippen LogP contribution in [-0.2, 0) is 0 Å². The minimum atomic E-state index is -0.0258. The zero-order valence-electron chi connectivity index (χ0n) is 8.31. The van der Waals surface area contributed by atoms with Crippen molar-refractivity contribution in [1.29, 1.82) is 0 Å². The molecule has 1 rings (SSSR count). The molecule has 0 unspecified atom stereocenters. The second kappa shape index (κ2) is 6.44. The number of carbonyl (C=O) groups excluding carboxylic acids is 1. The first-order valence-electron chi connectivity index (χ1n) is 4.53. The van der Waals surface area contributed by atoms with Gasteiger partial charge in [-0.25, -0.2) is 0 Å². The van der Waals surface area contributed by atoms with Gasteiger partial charge in [-0.1, -0.05) is 15.9 Å². The van der Waals surface area contributed by atoms with Crippen molar-refractivity contribution >= 4 is 44.4 Å². The molecular weight excluding hydrogens is 371 g/mol. The van der Waals surface area contributed by atoms with E-state index in [1.54, 1.807) is 0 Å². The van der Waals surface area contributed by atoms with Crippen molar-refractivity contribution in [2.24, 2.45) is 0 Å². The SMILES string of the molecule is CNCCNC(=O)c1ccc(Br)cc1I. The van der Waals surface area contributed by atoms with Crippen molar-refractivity contribution in [3.63, 3.8) is 0 Å². The molecule has 1 aromatic rings. The number of amides is 1. The van der Waals surface area contributed by atoms with Gasteiger partial charge in [-0.2, -0.15) is 0 Å². The van der Waals surface area contributed by atoms with E-state index in [1.165, 1.54) is 0 Å². The summed E-state index contributed by atoms with van der Waals surface area (Å²) < 4.78 is 1.93. The fourth-order valence-corrected chi connectivity index (χ4v) is 2.62. The molecule has 0 aliphatic rings. The monoisotopic (exact) mass is 382 g/mol. The fraction of sp³-hybridized carbons (Fsp3) is 0.300. The Morgan fingerprint density at radius 1 is 1.47 bits per heavy atom. The van der Waals surface area contributed by atoms with E-state index in [4.69, 9.17) is 0 Å². The number of hydrogen-bond acceptors (Lipinski definition) is 2. The molecule has 15 heavy (non-hydrogen) atoms. The van der Waals surface area contributed by atoms with Gasteiger partial charge in [0.2, 0.25) is 0 Å². The van der Waals surface area contributed by atoms with Crippen molar-refractivity contribution in [2.75, 3.05) is 20.1 Å². The Morgan fingerprint density at radius 2 is 2.20 bits per heavy atom. The maximum absolute atomic E-state index is 11.7. The predicted molar refractivity (Wildman–Crippen MR) is 73.1 cm³/mol. The summed E-state index contributed by atoms with van der Waals surface area (Å²) in [5.74, 6) is -0.0258. The molecule has 1 amide bonds. The van der Waals surface area contributed by atoms with E-state index in [2.05, 4.69) is 49.2 Å². The summed E-state index contributed by atoms with van der Waals surface area (Å²) in [7, 11) is 1.86. The summed E-state index contributed by atoms with van der Waals surface area (Å²) in [5, 5.41) is 5.81. The van der Waals surface area contributed by atoms with Gasteiger partial charge in [0.05, 0.1) is 5.56 Å². The highest BCUT2D eigenvalue weighted by Crippen LogP contribution is 2.18. The molecule has 0 spiro atoms. The Hall–Kier alpha value is -0.140. The first kappa shape index (κ1) is 12.9. The normalized spacial score (nSPS) is 10.1. The van der Waals surface area contributed by atoms with Crippen LogP contribution in [0.15, 0.2) is 22.7 Å². The minimum absolute atomic E-state index is 0.0258.